The average Bonchev–Trinajstić information content (AvgIpc) is 2.02. The van der Waals surface area contributed by atoms with Crippen molar-refractivity contribution in [3.8, 4) is 0 Å². The lowest BCUT2D eigenvalue weighted by Gasteiger charge is -1.98. The van der Waals surface area contributed by atoms with Crippen LogP contribution in [0.2, 0.25) is 0 Å². The van der Waals surface area contributed by atoms with Gasteiger partial charge in [0.2, 0.25) is 0 Å². The van der Waals surface area contributed by atoms with Crippen molar-refractivity contribution < 1.29 is 0 Å². The first-order chi connectivity index (χ1) is 5.54. The fourth-order valence-corrected chi connectivity index (χ4v) is 0.612. The Kier molecular flexibility index (Phi) is 14.0. The van der Waals surface area contributed by atoms with E-state index in [1.165, 1.54) is 26.3 Å². The van der Waals surface area contributed by atoms with Gasteiger partial charge in [0.05, 0.1) is 0 Å². The summed E-state index contributed by atoms with van der Waals surface area (Å²) in [5, 5.41) is 0. The minimum atomic E-state index is -0.463. The minimum absolute atomic E-state index is 0.463. The largest absolute Gasteiger partial charge is 0.0654 e. The summed E-state index contributed by atoms with van der Waals surface area (Å²) < 4.78 is 0. The van der Waals surface area contributed by atoms with Crippen molar-refractivity contribution in [1.82, 2.24) is 0 Å². The Balaban J connectivity index is 0. The molecule has 0 aliphatic heterocycles. The number of hydrogen-bond donors (Lipinski definition) is 0. The predicted octanol–water partition coefficient (Wildman–Crippen LogP) is 0.929. The normalized spacial score (nSPS) is 8.67. The van der Waals surface area contributed by atoms with Gasteiger partial charge in [-0.25, -0.2) is 0 Å². The maximum absolute atomic E-state index is 4.89. The summed E-state index contributed by atoms with van der Waals surface area (Å²) in [5.74, 6) is 0.903. The molecule has 59 valence electrons. The molecular weight excluding hydrogens is 138 g/mol. The van der Waals surface area contributed by atoms with Crippen molar-refractivity contribution in [3.63, 3.8) is 0 Å². The van der Waals surface area contributed by atoms with Crippen molar-refractivity contribution in [2.75, 3.05) is 0 Å². The van der Waals surface area contributed by atoms with Gasteiger partial charge in [-0.05, 0) is 5.92 Å². The van der Waals surface area contributed by atoms with Crippen molar-refractivity contribution >= 4 is 36.7 Å². The molecule has 5 heteroatoms. The van der Waals surface area contributed by atoms with Crippen LogP contribution in [-0.2, 0) is 0 Å². The molecule has 0 aliphatic carbocycles. The summed E-state index contributed by atoms with van der Waals surface area (Å²) in [7, 11) is 15.8. The molecule has 12 heavy (non-hydrogen) atoms. The van der Waals surface area contributed by atoms with Gasteiger partial charge in [-0.1, -0.05) is 40.0 Å². The Labute approximate surface area is 83.1 Å². The summed E-state index contributed by atoms with van der Waals surface area (Å²) in [6.07, 6.45) is 3.68. The highest BCUT2D eigenvalue weighted by Crippen LogP contribution is 2.04. The van der Waals surface area contributed by atoms with E-state index in [1.807, 2.05) is 0 Å². The van der Waals surface area contributed by atoms with E-state index in [1.54, 1.807) is 0 Å². The molecule has 0 heterocycles. The molecule has 0 bridgehead atoms. The second-order valence-corrected chi connectivity index (χ2v) is 3.31. The zero-order valence-electron chi connectivity index (χ0n) is 8.59. The first-order valence-electron chi connectivity index (χ1n) is 4.60. The van der Waals surface area contributed by atoms with Gasteiger partial charge < -0.3 is 0 Å². The first kappa shape index (κ1) is 14.8. The molecule has 0 saturated heterocycles. The van der Waals surface area contributed by atoms with E-state index >= 15 is 0 Å². The maximum atomic E-state index is 4.89. The van der Waals surface area contributed by atoms with E-state index in [2.05, 4.69) is 20.8 Å². The Hall–Kier alpha value is 0.325. The van der Waals surface area contributed by atoms with Gasteiger partial charge >= 0.3 is 0 Å². The van der Waals surface area contributed by atoms with E-state index < -0.39 is 6.39 Å². The van der Waals surface area contributed by atoms with Gasteiger partial charge in [0.25, 0.3) is 0 Å². The van der Waals surface area contributed by atoms with Crippen LogP contribution in [0, 0.1) is 5.92 Å². The summed E-state index contributed by atoms with van der Waals surface area (Å²) in [6.45, 7) is 6.79. The smallest absolute Gasteiger partial charge is 0 e. The molecule has 7 radical (unpaired) electrons. The average molecular weight is 154 g/mol. The molecule has 0 fully saturated rings. The summed E-state index contributed by atoms with van der Waals surface area (Å²) in [4.78, 5) is 0. The molecule has 0 aromatic heterocycles. The van der Waals surface area contributed by atoms with Crippen LogP contribution < -0.4 is 0 Å². The number of rotatable bonds is 4. The molecule has 0 unspecified atom stereocenters. The standard InChI is InChI=1S/C7H16.B5/c1-4-5-6-7(2)3;1-4-5(2)3/h7H,4-6H2,1-3H3;. The molecule has 0 aromatic rings. The molecular formula is C7H16B5. The minimum Gasteiger partial charge on any atom is -0.0654 e. The van der Waals surface area contributed by atoms with E-state index in [0.717, 1.165) is 5.92 Å². The van der Waals surface area contributed by atoms with Crippen LogP contribution in [0.3, 0.4) is 0 Å². The lowest BCUT2D eigenvalue weighted by Crippen LogP contribution is -2.23. The number of unbranched alkanes of at least 4 members (excludes halogenated alkanes) is 1. The molecule has 0 spiro atoms. The molecule has 0 aliphatic rings. The van der Waals surface area contributed by atoms with Gasteiger partial charge in [0.15, 0.2) is 0 Å². The van der Waals surface area contributed by atoms with E-state index in [4.69, 9.17) is 23.2 Å². The zero-order chi connectivity index (χ0) is 9.98. The SMILES string of the molecule is CCCCC(C)C.[B][B]B([B])[B]. The Morgan fingerprint density at radius 3 is 1.83 bits per heavy atom. The topological polar surface area (TPSA) is 0 Å². The van der Waals surface area contributed by atoms with Crippen molar-refractivity contribution in [2.45, 2.75) is 40.0 Å². The van der Waals surface area contributed by atoms with Crippen molar-refractivity contribution in [1.29, 1.82) is 0 Å². The third kappa shape index (κ3) is 22.4. The monoisotopic (exact) mass is 155 g/mol. The fourth-order valence-electron chi connectivity index (χ4n) is 0.612. The van der Waals surface area contributed by atoms with Gasteiger partial charge in [-0.2, -0.15) is 0 Å². The van der Waals surface area contributed by atoms with Crippen LogP contribution >= 0.6 is 0 Å². The third-order valence-electron chi connectivity index (χ3n) is 1.36. The van der Waals surface area contributed by atoms with Crippen LogP contribution in [0.4, 0.5) is 0 Å². The maximum Gasteiger partial charge on any atom is 0 e. The fraction of sp³-hybridized carbons (Fsp3) is 1.00. The van der Waals surface area contributed by atoms with Crippen LogP contribution in [0.1, 0.15) is 40.0 Å². The molecule has 0 amide bonds. The van der Waals surface area contributed by atoms with E-state index in [0.29, 0.717) is 0 Å². The molecule has 0 aromatic carbocycles. The number of hydrogen-bond acceptors (Lipinski definition) is 0. The van der Waals surface area contributed by atoms with Crippen molar-refractivity contribution in [2.24, 2.45) is 5.92 Å². The molecule has 0 N–H and O–H groups in total. The Morgan fingerprint density at radius 2 is 1.75 bits per heavy atom. The van der Waals surface area contributed by atoms with Crippen LogP contribution in [0.5, 0.6) is 0 Å². The third-order valence-corrected chi connectivity index (χ3v) is 1.36. The summed E-state index contributed by atoms with van der Waals surface area (Å²) >= 11 is 0. The highest BCUT2D eigenvalue weighted by Gasteiger charge is 1.88. The van der Waals surface area contributed by atoms with Crippen molar-refractivity contribution in [3.05, 3.63) is 0 Å². The van der Waals surface area contributed by atoms with Crippen LogP contribution in [0.25, 0.3) is 0 Å². The molecule has 0 rings (SSSR count). The van der Waals surface area contributed by atoms with E-state index in [9.17, 15) is 0 Å². The molecule has 0 saturated carbocycles. The van der Waals surface area contributed by atoms with Crippen LogP contribution in [0.15, 0.2) is 0 Å². The Morgan fingerprint density at radius 1 is 1.33 bits per heavy atom. The lowest BCUT2D eigenvalue weighted by atomic mass is 8.97. The van der Waals surface area contributed by atoms with Gasteiger partial charge in [-0.15, -0.1) is 0 Å². The highest BCUT2D eigenvalue weighted by molar-refractivity contribution is 7.60. The second-order valence-electron chi connectivity index (χ2n) is 3.31. The zero-order valence-corrected chi connectivity index (χ0v) is 8.59. The molecule has 0 nitrogen and oxygen atoms in total. The highest BCUT2D eigenvalue weighted by atomic mass is 13.9. The van der Waals surface area contributed by atoms with Gasteiger partial charge in [0.1, 0.15) is 0 Å². The molecule has 0 atom stereocenters. The van der Waals surface area contributed by atoms with E-state index in [-0.39, 0.29) is 0 Å². The lowest BCUT2D eigenvalue weighted by molar-refractivity contribution is 0.550. The van der Waals surface area contributed by atoms with Gasteiger partial charge in [0, 0.05) is 36.7 Å². The summed E-state index contributed by atoms with van der Waals surface area (Å²) in [6, 6.07) is 0. The summed E-state index contributed by atoms with van der Waals surface area (Å²) in [5.41, 5.74) is 0. The second kappa shape index (κ2) is 11.3. The predicted molar refractivity (Wildman–Crippen MR) is 63.1 cm³/mol. The van der Waals surface area contributed by atoms with Crippen LogP contribution in [-0.4, -0.2) is 36.7 Å². The Bertz CT molecular complexity index is 74.2. The quantitative estimate of drug-likeness (QED) is 0.528. The first-order valence-corrected chi connectivity index (χ1v) is 4.60. The van der Waals surface area contributed by atoms with Gasteiger partial charge in [-0.3, -0.25) is 0 Å².